The van der Waals surface area contributed by atoms with E-state index in [9.17, 15) is 4.79 Å². The Bertz CT molecular complexity index is 777. The molecular formula is C27H43N3O3. The van der Waals surface area contributed by atoms with E-state index in [0.717, 1.165) is 24.3 Å². The second-order valence-corrected chi connectivity index (χ2v) is 8.82. The summed E-state index contributed by atoms with van der Waals surface area (Å²) in [5.41, 5.74) is 2.11. The Kier molecular flexibility index (Phi) is 13.1. The lowest BCUT2D eigenvalue weighted by atomic mass is 9.98. The summed E-state index contributed by atoms with van der Waals surface area (Å²) < 4.78 is 11.9. The molecule has 6 heteroatoms. The molecule has 1 aromatic carbocycles. The van der Waals surface area contributed by atoms with E-state index in [1.807, 2.05) is 18.3 Å². The van der Waals surface area contributed by atoms with E-state index in [4.69, 9.17) is 9.47 Å². The number of amides is 1. The summed E-state index contributed by atoms with van der Waals surface area (Å²) in [5, 5.41) is 2.88. The number of aromatic amines is 1. The molecule has 1 aromatic heterocycles. The Morgan fingerprint density at radius 1 is 1.00 bits per heavy atom. The van der Waals surface area contributed by atoms with E-state index in [-0.39, 0.29) is 12.5 Å². The molecular weight excluding hydrogens is 414 g/mol. The zero-order chi connectivity index (χ0) is 23.7. The van der Waals surface area contributed by atoms with Gasteiger partial charge in [-0.2, -0.15) is 0 Å². The van der Waals surface area contributed by atoms with Gasteiger partial charge in [0.2, 0.25) is 0 Å². The molecule has 2 rings (SSSR count). The fourth-order valence-electron chi connectivity index (χ4n) is 3.66. The highest BCUT2D eigenvalue weighted by Gasteiger charge is 2.10. The van der Waals surface area contributed by atoms with Crippen LogP contribution < -0.4 is 14.8 Å². The minimum absolute atomic E-state index is 0.0119. The predicted molar refractivity (Wildman–Crippen MR) is 134 cm³/mol. The van der Waals surface area contributed by atoms with Crippen molar-refractivity contribution in [2.24, 2.45) is 0 Å². The number of aromatic nitrogens is 2. The molecule has 0 spiro atoms. The van der Waals surface area contributed by atoms with Crippen LogP contribution in [0.3, 0.4) is 0 Å². The van der Waals surface area contributed by atoms with Crippen LogP contribution in [0.4, 0.5) is 0 Å². The van der Waals surface area contributed by atoms with Crippen LogP contribution in [0.15, 0.2) is 30.7 Å². The van der Waals surface area contributed by atoms with Crippen molar-refractivity contribution < 1.29 is 14.3 Å². The smallest absolute Gasteiger partial charge is 0.257 e. The molecule has 0 saturated carbocycles. The van der Waals surface area contributed by atoms with Crippen molar-refractivity contribution in [1.82, 2.24) is 15.3 Å². The SMILES string of the molecule is CCCCCCCCCCOc1cc(OCC(=O)NCCc2c[nH]cn2)cc(C(C)CC)c1. The van der Waals surface area contributed by atoms with Gasteiger partial charge in [-0.05, 0) is 36.5 Å². The van der Waals surface area contributed by atoms with Crippen molar-refractivity contribution in [2.75, 3.05) is 19.8 Å². The Hall–Kier alpha value is -2.50. The summed E-state index contributed by atoms with van der Waals surface area (Å²) >= 11 is 0. The van der Waals surface area contributed by atoms with Gasteiger partial charge in [0.25, 0.3) is 5.91 Å². The van der Waals surface area contributed by atoms with Crippen LogP contribution in [0, 0.1) is 0 Å². The fraction of sp³-hybridized carbons (Fsp3) is 0.630. The van der Waals surface area contributed by atoms with Gasteiger partial charge in [0.05, 0.1) is 18.6 Å². The van der Waals surface area contributed by atoms with Crippen molar-refractivity contribution in [2.45, 2.75) is 90.9 Å². The van der Waals surface area contributed by atoms with Gasteiger partial charge in [-0.15, -0.1) is 0 Å². The van der Waals surface area contributed by atoms with Crippen molar-refractivity contribution in [3.05, 3.63) is 42.0 Å². The van der Waals surface area contributed by atoms with Gasteiger partial charge in [0.15, 0.2) is 6.61 Å². The van der Waals surface area contributed by atoms with Crippen molar-refractivity contribution in [3.63, 3.8) is 0 Å². The number of carbonyl (C=O) groups excluding carboxylic acids is 1. The Morgan fingerprint density at radius 2 is 1.70 bits per heavy atom. The van der Waals surface area contributed by atoms with Crippen LogP contribution in [0.2, 0.25) is 0 Å². The number of rotatable bonds is 18. The first-order valence-electron chi connectivity index (χ1n) is 12.8. The molecule has 184 valence electrons. The molecule has 1 unspecified atom stereocenters. The predicted octanol–water partition coefficient (Wildman–Crippen LogP) is 6.18. The van der Waals surface area contributed by atoms with E-state index < -0.39 is 0 Å². The molecule has 1 heterocycles. The first-order valence-corrected chi connectivity index (χ1v) is 12.8. The molecule has 6 nitrogen and oxygen atoms in total. The Balaban J connectivity index is 1.76. The van der Waals surface area contributed by atoms with Gasteiger partial charge in [0, 0.05) is 25.2 Å². The molecule has 0 aliphatic rings. The molecule has 1 amide bonds. The number of nitrogens with zero attached hydrogens (tertiary/aromatic N) is 1. The molecule has 2 N–H and O–H groups in total. The first-order chi connectivity index (χ1) is 16.1. The third-order valence-corrected chi connectivity index (χ3v) is 5.98. The lowest BCUT2D eigenvalue weighted by Gasteiger charge is -2.15. The second kappa shape index (κ2) is 16.2. The van der Waals surface area contributed by atoms with E-state index in [2.05, 4.69) is 42.1 Å². The van der Waals surface area contributed by atoms with Gasteiger partial charge in [-0.3, -0.25) is 4.79 Å². The number of benzene rings is 1. The Labute approximate surface area is 199 Å². The summed E-state index contributed by atoms with van der Waals surface area (Å²) in [4.78, 5) is 19.2. The minimum atomic E-state index is -0.138. The number of hydrogen-bond donors (Lipinski definition) is 2. The third kappa shape index (κ3) is 11.3. The summed E-state index contributed by atoms with van der Waals surface area (Å²) in [7, 11) is 0. The lowest BCUT2D eigenvalue weighted by molar-refractivity contribution is -0.123. The van der Waals surface area contributed by atoms with Crippen LogP contribution in [0.25, 0.3) is 0 Å². The number of H-pyrrole nitrogens is 1. The minimum Gasteiger partial charge on any atom is -0.493 e. The molecule has 1 atom stereocenters. The van der Waals surface area contributed by atoms with Crippen LogP contribution in [0.1, 0.15) is 95.7 Å². The highest BCUT2D eigenvalue weighted by molar-refractivity contribution is 5.77. The van der Waals surface area contributed by atoms with Crippen molar-refractivity contribution >= 4 is 5.91 Å². The van der Waals surface area contributed by atoms with Gasteiger partial charge < -0.3 is 19.8 Å². The van der Waals surface area contributed by atoms with Crippen LogP contribution in [0.5, 0.6) is 11.5 Å². The van der Waals surface area contributed by atoms with Gasteiger partial charge in [-0.1, -0.05) is 65.7 Å². The zero-order valence-electron chi connectivity index (χ0n) is 20.8. The lowest BCUT2D eigenvalue weighted by Crippen LogP contribution is -2.30. The summed E-state index contributed by atoms with van der Waals surface area (Å²) in [6.45, 7) is 7.86. The van der Waals surface area contributed by atoms with Gasteiger partial charge in [-0.25, -0.2) is 4.98 Å². The quantitative estimate of drug-likeness (QED) is 0.262. The van der Waals surface area contributed by atoms with Gasteiger partial charge in [0.1, 0.15) is 11.5 Å². The fourth-order valence-corrected chi connectivity index (χ4v) is 3.66. The van der Waals surface area contributed by atoms with Crippen molar-refractivity contribution in [1.29, 1.82) is 0 Å². The molecule has 33 heavy (non-hydrogen) atoms. The monoisotopic (exact) mass is 457 g/mol. The van der Waals surface area contributed by atoms with E-state index in [1.54, 1.807) is 6.33 Å². The number of carbonyl (C=O) groups is 1. The van der Waals surface area contributed by atoms with Crippen LogP contribution >= 0.6 is 0 Å². The maximum absolute atomic E-state index is 12.2. The highest BCUT2D eigenvalue weighted by Crippen LogP contribution is 2.29. The maximum atomic E-state index is 12.2. The van der Waals surface area contributed by atoms with Gasteiger partial charge >= 0.3 is 0 Å². The van der Waals surface area contributed by atoms with E-state index >= 15 is 0 Å². The standard InChI is InChI=1S/C27H43N3O3/c1-4-6-7-8-9-10-11-12-15-32-25-16-23(22(3)5-2)17-26(18-25)33-20-27(31)29-14-13-24-19-28-21-30-24/h16-19,21-22H,4-15,20H2,1-3H3,(H,28,30)(H,29,31). The molecule has 0 bridgehead atoms. The molecule has 0 aliphatic heterocycles. The second-order valence-electron chi connectivity index (χ2n) is 8.82. The molecule has 0 saturated heterocycles. The zero-order valence-corrected chi connectivity index (χ0v) is 20.8. The first kappa shape index (κ1) is 26.7. The average Bonchev–Trinajstić information content (AvgIpc) is 3.34. The normalized spacial score (nSPS) is 11.8. The highest BCUT2D eigenvalue weighted by atomic mass is 16.5. The number of unbranched alkanes of at least 4 members (excludes halogenated alkanes) is 7. The summed E-state index contributed by atoms with van der Waals surface area (Å²) in [6, 6.07) is 6.03. The van der Waals surface area contributed by atoms with Crippen molar-refractivity contribution in [3.8, 4) is 11.5 Å². The number of nitrogens with one attached hydrogen (secondary N) is 2. The third-order valence-electron chi connectivity index (χ3n) is 5.98. The number of ether oxygens (including phenoxy) is 2. The van der Waals surface area contributed by atoms with E-state index in [0.29, 0.717) is 31.2 Å². The molecule has 2 aromatic rings. The number of hydrogen-bond acceptors (Lipinski definition) is 4. The molecule has 0 radical (unpaired) electrons. The summed E-state index contributed by atoms with van der Waals surface area (Å²) in [5.74, 6) is 1.77. The van der Waals surface area contributed by atoms with E-state index in [1.165, 1.54) is 50.5 Å². The van der Waals surface area contributed by atoms with Crippen LogP contribution in [-0.2, 0) is 11.2 Å². The Morgan fingerprint density at radius 3 is 2.36 bits per heavy atom. The van der Waals surface area contributed by atoms with Crippen LogP contribution in [-0.4, -0.2) is 35.6 Å². The summed E-state index contributed by atoms with van der Waals surface area (Å²) in [6.07, 6.45) is 15.4. The average molecular weight is 458 g/mol. The number of imidazole rings is 1. The maximum Gasteiger partial charge on any atom is 0.257 e. The molecule has 0 fully saturated rings. The topological polar surface area (TPSA) is 76.2 Å². The molecule has 0 aliphatic carbocycles. The largest absolute Gasteiger partial charge is 0.493 e.